The fourth-order valence-electron chi connectivity index (χ4n) is 1.66. The van der Waals surface area contributed by atoms with Crippen molar-refractivity contribution in [2.75, 3.05) is 7.11 Å². The van der Waals surface area contributed by atoms with Gasteiger partial charge in [-0.25, -0.2) is 0 Å². The summed E-state index contributed by atoms with van der Waals surface area (Å²) in [6, 6.07) is 2.06. The van der Waals surface area contributed by atoms with E-state index >= 15 is 0 Å². The van der Waals surface area contributed by atoms with Gasteiger partial charge in [0.15, 0.2) is 0 Å². The van der Waals surface area contributed by atoms with E-state index in [9.17, 15) is 0 Å². The van der Waals surface area contributed by atoms with Crippen LogP contribution in [0.15, 0.2) is 24.5 Å². The largest absolute Gasteiger partial charge is 0.495 e. The lowest BCUT2D eigenvalue weighted by molar-refractivity contribution is 0.412. The van der Waals surface area contributed by atoms with Crippen LogP contribution in [0, 0.1) is 0 Å². The number of pyridine rings is 1. The SMILES string of the molecule is CCC/C=C(\CCC)c1cncc(OC)c1. The number of rotatable bonds is 6. The zero-order chi connectivity index (χ0) is 11.8. The quantitative estimate of drug-likeness (QED) is 0.719. The third-order valence-corrected chi connectivity index (χ3v) is 2.52. The Balaban J connectivity index is 2.91. The zero-order valence-corrected chi connectivity index (χ0v) is 10.5. The van der Waals surface area contributed by atoms with Gasteiger partial charge in [-0.1, -0.05) is 32.8 Å². The number of methoxy groups -OCH3 is 1. The van der Waals surface area contributed by atoms with Gasteiger partial charge >= 0.3 is 0 Å². The molecule has 0 unspecified atom stereocenters. The van der Waals surface area contributed by atoms with Crippen molar-refractivity contribution in [3.05, 3.63) is 30.1 Å². The van der Waals surface area contributed by atoms with Crippen LogP contribution < -0.4 is 4.74 Å². The van der Waals surface area contributed by atoms with Gasteiger partial charge in [-0.05, 0) is 30.0 Å². The van der Waals surface area contributed by atoms with Gasteiger partial charge in [-0.3, -0.25) is 4.98 Å². The molecule has 0 amide bonds. The fourth-order valence-corrected chi connectivity index (χ4v) is 1.66. The molecular formula is C14H21NO. The molecule has 88 valence electrons. The van der Waals surface area contributed by atoms with E-state index in [1.807, 2.05) is 6.20 Å². The van der Waals surface area contributed by atoms with Crippen LogP contribution in [0.1, 0.15) is 45.1 Å². The van der Waals surface area contributed by atoms with E-state index in [1.54, 1.807) is 13.3 Å². The van der Waals surface area contributed by atoms with Crippen molar-refractivity contribution in [3.8, 4) is 5.75 Å². The molecule has 1 aromatic rings. The maximum absolute atomic E-state index is 5.20. The van der Waals surface area contributed by atoms with Crippen LogP contribution in [0.5, 0.6) is 5.75 Å². The van der Waals surface area contributed by atoms with E-state index in [-0.39, 0.29) is 0 Å². The topological polar surface area (TPSA) is 22.1 Å². The first-order chi connectivity index (χ1) is 7.81. The van der Waals surface area contributed by atoms with Gasteiger partial charge in [0.25, 0.3) is 0 Å². The third kappa shape index (κ3) is 3.69. The highest BCUT2D eigenvalue weighted by atomic mass is 16.5. The average Bonchev–Trinajstić information content (AvgIpc) is 2.34. The summed E-state index contributed by atoms with van der Waals surface area (Å²) in [6.07, 6.45) is 10.6. The Morgan fingerprint density at radius 2 is 2.12 bits per heavy atom. The van der Waals surface area contributed by atoms with Gasteiger partial charge in [-0.2, -0.15) is 0 Å². The average molecular weight is 219 g/mol. The normalized spacial score (nSPS) is 11.6. The molecule has 0 N–H and O–H groups in total. The van der Waals surface area contributed by atoms with E-state index in [4.69, 9.17) is 4.74 Å². The molecule has 2 heteroatoms. The lowest BCUT2D eigenvalue weighted by Gasteiger charge is -2.08. The van der Waals surface area contributed by atoms with Crippen LogP contribution in [-0.2, 0) is 0 Å². The van der Waals surface area contributed by atoms with E-state index in [0.717, 1.165) is 25.0 Å². The van der Waals surface area contributed by atoms with E-state index < -0.39 is 0 Å². The highest BCUT2D eigenvalue weighted by Gasteiger charge is 2.02. The minimum Gasteiger partial charge on any atom is -0.495 e. The molecule has 0 radical (unpaired) electrons. The molecule has 0 atom stereocenters. The second-order valence-electron chi connectivity index (χ2n) is 3.88. The van der Waals surface area contributed by atoms with Crippen molar-refractivity contribution >= 4 is 5.57 Å². The molecule has 0 aromatic carbocycles. The Morgan fingerprint density at radius 1 is 1.31 bits per heavy atom. The smallest absolute Gasteiger partial charge is 0.137 e. The van der Waals surface area contributed by atoms with Crippen molar-refractivity contribution < 1.29 is 4.74 Å². The first-order valence-electron chi connectivity index (χ1n) is 6.00. The monoisotopic (exact) mass is 219 g/mol. The molecule has 0 fully saturated rings. The van der Waals surface area contributed by atoms with Crippen LogP contribution in [0.3, 0.4) is 0 Å². The maximum Gasteiger partial charge on any atom is 0.137 e. The summed E-state index contributed by atoms with van der Waals surface area (Å²) >= 11 is 0. The Hall–Kier alpha value is -1.31. The van der Waals surface area contributed by atoms with Crippen molar-refractivity contribution in [2.45, 2.75) is 39.5 Å². The number of ether oxygens (including phenoxy) is 1. The van der Waals surface area contributed by atoms with E-state index in [1.165, 1.54) is 17.6 Å². The Labute approximate surface area is 98.4 Å². The summed E-state index contributed by atoms with van der Waals surface area (Å²) in [6.45, 7) is 4.40. The molecule has 1 aromatic heterocycles. The van der Waals surface area contributed by atoms with Gasteiger partial charge in [0.05, 0.1) is 13.3 Å². The van der Waals surface area contributed by atoms with Crippen molar-refractivity contribution in [2.24, 2.45) is 0 Å². The van der Waals surface area contributed by atoms with Gasteiger partial charge < -0.3 is 4.74 Å². The molecule has 16 heavy (non-hydrogen) atoms. The van der Waals surface area contributed by atoms with Gasteiger partial charge in [0.1, 0.15) is 5.75 Å². The minimum absolute atomic E-state index is 0.830. The van der Waals surface area contributed by atoms with Gasteiger partial charge in [0, 0.05) is 6.20 Å². The van der Waals surface area contributed by atoms with Crippen molar-refractivity contribution in [1.29, 1.82) is 0 Å². The molecule has 0 spiro atoms. The van der Waals surface area contributed by atoms with Gasteiger partial charge in [0.2, 0.25) is 0 Å². The van der Waals surface area contributed by atoms with Crippen LogP contribution in [0.2, 0.25) is 0 Å². The lowest BCUT2D eigenvalue weighted by atomic mass is 10.0. The Kier molecular flexibility index (Phi) is 5.62. The summed E-state index contributed by atoms with van der Waals surface area (Å²) in [4.78, 5) is 4.20. The summed E-state index contributed by atoms with van der Waals surface area (Å²) in [5.74, 6) is 0.830. The van der Waals surface area contributed by atoms with Gasteiger partial charge in [-0.15, -0.1) is 0 Å². The Morgan fingerprint density at radius 3 is 2.75 bits per heavy atom. The predicted octanol–water partition coefficient (Wildman–Crippen LogP) is 4.07. The molecule has 0 aliphatic rings. The lowest BCUT2D eigenvalue weighted by Crippen LogP contribution is -1.90. The molecule has 0 aliphatic heterocycles. The fraction of sp³-hybridized carbons (Fsp3) is 0.500. The third-order valence-electron chi connectivity index (χ3n) is 2.52. The summed E-state index contributed by atoms with van der Waals surface area (Å²) in [7, 11) is 1.68. The molecule has 0 saturated heterocycles. The van der Waals surface area contributed by atoms with Crippen LogP contribution in [0.25, 0.3) is 5.57 Å². The standard InChI is InChI=1S/C14H21NO/c1-4-6-8-12(7-5-2)13-9-14(16-3)11-15-10-13/h8-11H,4-7H2,1-3H3/b12-8+. The second kappa shape index (κ2) is 7.04. The van der Waals surface area contributed by atoms with E-state index in [0.29, 0.717) is 0 Å². The highest BCUT2D eigenvalue weighted by Crippen LogP contribution is 2.23. The number of hydrogen-bond donors (Lipinski definition) is 0. The summed E-state index contributed by atoms with van der Waals surface area (Å²) in [5.41, 5.74) is 2.57. The molecular weight excluding hydrogens is 198 g/mol. The summed E-state index contributed by atoms with van der Waals surface area (Å²) in [5, 5.41) is 0. The van der Waals surface area contributed by atoms with Crippen molar-refractivity contribution in [1.82, 2.24) is 4.98 Å². The molecule has 0 saturated carbocycles. The number of unbranched alkanes of at least 4 members (excludes halogenated alkanes) is 1. The second-order valence-corrected chi connectivity index (χ2v) is 3.88. The predicted molar refractivity (Wildman–Crippen MR) is 68.6 cm³/mol. The van der Waals surface area contributed by atoms with Crippen LogP contribution in [0.4, 0.5) is 0 Å². The molecule has 0 bridgehead atoms. The number of allylic oxidation sites excluding steroid dienone is 2. The number of aromatic nitrogens is 1. The van der Waals surface area contributed by atoms with E-state index in [2.05, 4.69) is 31.0 Å². The Bertz CT molecular complexity index is 344. The number of hydrogen-bond acceptors (Lipinski definition) is 2. The van der Waals surface area contributed by atoms with Crippen LogP contribution >= 0.6 is 0 Å². The maximum atomic E-state index is 5.20. The molecule has 2 nitrogen and oxygen atoms in total. The first kappa shape index (κ1) is 12.8. The van der Waals surface area contributed by atoms with Crippen LogP contribution in [-0.4, -0.2) is 12.1 Å². The molecule has 1 heterocycles. The molecule has 0 aliphatic carbocycles. The number of nitrogens with zero attached hydrogens (tertiary/aromatic N) is 1. The minimum atomic E-state index is 0.830. The highest BCUT2D eigenvalue weighted by molar-refractivity contribution is 5.65. The van der Waals surface area contributed by atoms with Crippen molar-refractivity contribution in [3.63, 3.8) is 0 Å². The summed E-state index contributed by atoms with van der Waals surface area (Å²) < 4.78 is 5.20. The first-order valence-corrected chi connectivity index (χ1v) is 6.00. The zero-order valence-electron chi connectivity index (χ0n) is 10.5. The molecule has 1 rings (SSSR count).